The summed E-state index contributed by atoms with van der Waals surface area (Å²) in [5.41, 5.74) is 5.91. The highest BCUT2D eigenvalue weighted by Crippen LogP contribution is 2.32. The highest BCUT2D eigenvalue weighted by Gasteiger charge is 2.11. The van der Waals surface area contributed by atoms with E-state index in [0.29, 0.717) is 6.04 Å². The van der Waals surface area contributed by atoms with Crippen molar-refractivity contribution in [2.24, 2.45) is 0 Å². The van der Waals surface area contributed by atoms with E-state index in [1.54, 1.807) is 0 Å². The van der Waals surface area contributed by atoms with Gasteiger partial charge in [0.25, 0.3) is 0 Å². The van der Waals surface area contributed by atoms with E-state index in [0.717, 1.165) is 22.2 Å². The number of nitrogens with one attached hydrogen (secondary N) is 1. The molecule has 0 aromatic heterocycles. The zero-order valence-corrected chi connectivity index (χ0v) is 14.4. The normalized spacial score (nSPS) is 11.2. The molecule has 21 heavy (non-hydrogen) atoms. The largest absolute Gasteiger partial charge is 0.310 e. The summed E-state index contributed by atoms with van der Waals surface area (Å²) in [6, 6.07) is 10.7. The van der Waals surface area contributed by atoms with E-state index in [2.05, 4.69) is 38.2 Å². The third kappa shape index (κ3) is 4.00. The minimum absolute atomic E-state index is 0.435. The van der Waals surface area contributed by atoms with Crippen LogP contribution in [0.25, 0.3) is 11.1 Å². The summed E-state index contributed by atoms with van der Waals surface area (Å²) in [4.78, 5) is 0. The molecule has 2 aromatic rings. The predicted octanol–water partition coefficient (Wildman–Crippen LogP) is 5.78. The fourth-order valence-corrected chi connectivity index (χ4v) is 2.77. The summed E-state index contributed by atoms with van der Waals surface area (Å²) in [6.07, 6.45) is 0. The maximum Gasteiger partial charge on any atom is 0.0438 e. The smallest absolute Gasteiger partial charge is 0.0438 e. The summed E-state index contributed by atoms with van der Waals surface area (Å²) in [6.45, 7) is 9.21. The molecule has 1 nitrogen and oxygen atoms in total. The topological polar surface area (TPSA) is 12.0 Å². The second kappa shape index (κ2) is 6.83. The van der Waals surface area contributed by atoms with Crippen molar-refractivity contribution < 1.29 is 0 Å². The van der Waals surface area contributed by atoms with Gasteiger partial charge in [0.2, 0.25) is 0 Å². The van der Waals surface area contributed by atoms with Gasteiger partial charge >= 0.3 is 0 Å². The minimum Gasteiger partial charge on any atom is -0.310 e. The van der Waals surface area contributed by atoms with Gasteiger partial charge in [0.15, 0.2) is 0 Å². The second-order valence-electron chi connectivity index (χ2n) is 5.75. The maximum atomic E-state index is 6.21. The lowest BCUT2D eigenvalue weighted by Crippen LogP contribution is -2.22. The van der Waals surface area contributed by atoms with Gasteiger partial charge in [-0.2, -0.15) is 0 Å². The van der Waals surface area contributed by atoms with Crippen molar-refractivity contribution in [2.75, 3.05) is 0 Å². The van der Waals surface area contributed by atoms with E-state index in [1.165, 1.54) is 22.3 Å². The average Bonchev–Trinajstić information content (AvgIpc) is 2.41. The quantitative estimate of drug-likeness (QED) is 0.753. The van der Waals surface area contributed by atoms with Crippen molar-refractivity contribution in [1.29, 1.82) is 0 Å². The first-order valence-electron chi connectivity index (χ1n) is 7.17. The molecular weight excluding hydrogens is 301 g/mol. The number of hydrogen-bond acceptors (Lipinski definition) is 1. The summed E-state index contributed by atoms with van der Waals surface area (Å²) in [7, 11) is 0. The Bertz CT molecular complexity index is 648. The Morgan fingerprint density at radius 1 is 0.952 bits per heavy atom. The molecule has 0 fully saturated rings. The molecule has 0 amide bonds. The van der Waals surface area contributed by atoms with Crippen LogP contribution in [0.4, 0.5) is 0 Å². The van der Waals surface area contributed by atoms with Crippen LogP contribution < -0.4 is 5.32 Å². The lowest BCUT2D eigenvalue weighted by atomic mass is 9.94. The monoisotopic (exact) mass is 321 g/mol. The summed E-state index contributed by atoms with van der Waals surface area (Å²) in [5.74, 6) is 0. The lowest BCUT2D eigenvalue weighted by molar-refractivity contribution is 0.589. The Morgan fingerprint density at radius 3 is 2.33 bits per heavy atom. The van der Waals surface area contributed by atoms with Crippen molar-refractivity contribution in [3.63, 3.8) is 0 Å². The second-order valence-corrected chi connectivity index (χ2v) is 6.60. The Morgan fingerprint density at radius 2 is 1.67 bits per heavy atom. The standard InChI is InChI=1S/C18H21Cl2N/c1-11(2)21-10-14-9-15(19)5-6-16(14)17-7-13(4)18(20)8-12(17)3/h5-9,11,21H,10H2,1-4H3. The molecule has 0 radical (unpaired) electrons. The molecule has 112 valence electrons. The Labute approximate surface area is 137 Å². The third-order valence-corrected chi connectivity index (χ3v) is 4.21. The lowest BCUT2D eigenvalue weighted by Gasteiger charge is -2.16. The van der Waals surface area contributed by atoms with Gasteiger partial charge in [0, 0.05) is 22.6 Å². The summed E-state index contributed by atoms with van der Waals surface area (Å²) >= 11 is 12.4. The SMILES string of the molecule is Cc1cc(-c2ccc(Cl)cc2CNC(C)C)c(C)cc1Cl. The molecule has 0 saturated carbocycles. The van der Waals surface area contributed by atoms with Crippen molar-refractivity contribution >= 4 is 23.2 Å². The number of benzene rings is 2. The minimum atomic E-state index is 0.435. The van der Waals surface area contributed by atoms with Gasteiger partial charge in [0.1, 0.15) is 0 Å². The molecule has 0 heterocycles. The van der Waals surface area contributed by atoms with E-state index in [4.69, 9.17) is 23.2 Å². The molecule has 0 aliphatic carbocycles. The molecule has 0 atom stereocenters. The van der Waals surface area contributed by atoms with Gasteiger partial charge < -0.3 is 5.32 Å². The van der Waals surface area contributed by atoms with Crippen LogP contribution in [0, 0.1) is 13.8 Å². The molecule has 2 rings (SSSR count). The average molecular weight is 322 g/mol. The molecule has 0 saturated heterocycles. The van der Waals surface area contributed by atoms with Gasteiger partial charge in [-0.05, 0) is 65.9 Å². The van der Waals surface area contributed by atoms with Crippen LogP contribution >= 0.6 is 23.2 Å². The molecule has 3 heteroatoms. The fourth-order valence-electron chi connectivity index (χ4n) is 2.36. The zero-order valence-electron chi connectivity index (χ0n) is 12.9. The van der Waals surface area contributed by atoms with E-state index in [9.17, 15) is 0 Å². The number of halogens is 2. The van der Waals surface area contributed by atoms with E-state index in [1.807, 2.05) is 25.1 Å². The molecular formula is C18H21Cl2N. The molecule has 0 spiro atoms. The van der Waals surface area contributed by atoms with E-state index >= 15 is 0 Å². The van der Waals surface area contributed by atoms with Gasteiger partial charge in [-0.25, -0.2) is 0 Å². The van der Waals surface area contributed by atoms with E-state index < -0.39 is 0 Å². The molecule has 0 aliphatic rings. The first-order chi connectivity index (χ1) is 9.88. The summed E-state index contributed by atoms with van der Waals surface area (Å²) in [5, 5.41) is 5.04. The summed E-state index contributed by atoms with van der Waals surface area (Å²) < 4.78 is 0. The van der Waals surface area contributed by atoms with Gasteiger partial charge in [-0.15, -0.1) is 0 Å². The molecule has 0 bridgehead atoms. The van der Waals surface area contributed by atoms with Crippen LogP contribution in [0.15, 0.2) is 30.3 Å². The highest BCUT2D eigenvalue weighted by molar-refractivity contribution is 6.31. The third-order valence-electron chi connectivity index (χ3n) is 3.56. The maximum absolute atomic E-state index is 6.21. The first-order valence-corrected chi connectivity index (χ1v) is 7.93. The Kier molecular flexibility index (Phi) is 5.32. The van der Waals surface area contributed by atoms with Crippen LogP contribution in [0.1, 0.15) is 30.5 Å². The fraction of sp³-hybridized carbons (Fsp3) is 0.333. The van der Waals surface area contributed by atoms with E-state index in [-0.39, 0.29) is 0 Å². The number of rotatable bonds is 4. The van der Waals surface area contributed by atoms with Gasteiger partial charge in [0.05, 0.1) is 0 Å². The number of hydrogen-bond donors (Lipinski definition) is 1. The van der Waals surface area contributed by atoms with Crippen LogP contribution in [-0.4, -0.2) is 6.04 Å². The van der Waals surface area contributed by atoms with Gasteiger partial charge in [-0.3, -0.25) is 0 Å². The van der Waals surface area contributed by atoms with Crippen molar-refractivity contribution in [3.8, 4) is 11.1 Å². The first kappa shape index (κ1) is 16.4. The number of aryl methyl sites for hydroxylation is 2. The van der Waals surface area contributed by atoms with Crippen LogP contribution in [0.3, 0.4) is 0 Å². The predicted molar refractivity (Wildman–Crippen MR) is 93.3 cm³/mol. The Hall–Kier alpha value is -1.02. The highest BCUT2D eigenvalue weighted by atomic mass is 35.5. The van der Waals surface area contributed by atoms with Crippen LogP contribution in [0.2, 0.25) is 10.0 Å². The molecule has 0 aliphatic heterocycles. The van der Waals surface area contributed by atoms with Crippen LogP contribution in [0.5, 0.6) is 0 Å². The van der Waals surface area contributed by atoms with Crippen molar-refractivity contribution in [2.45, 2.75) is 40.3 Å². The molecule has 0 unspecified atom stereocenters. The van der Waals surface area contributed by atoms with Crippen molar-refractivity contribution in [3.05, 3.63) is 57.1 Å². The van der Waals surface area contributed by atoms with Crippen LogP contribution in [-0.2, 0) is 6.54 Å². The Balaban J connectivity index is 2.50. The zero-order chi connectivity index (χ0) is 15.6. The molecule has 1 N–H and O–H groups in total. The van der Waals surface area contributed by atoms with Crippen molar-refractivity contribution in [1.82, 2.24) is 5.32 Å². The molecule has 2 aromatic carbocycles. The van der Waals surface area contributed by atoms with Gasteiger partial charge in [-0.1, -0.05) is 43.1 Å².